The Morgan fingerprint density at radius 1 is 1.28 bits per heavy atom. The van der Waals surface area contributed by atoms with Gasteiger partial charge in [0.25, 0.3) is 0 Å². The van der Waals surface area contributed by atoms with Crippen LogP contribution >= 0.6 is 31.9 Å². The van der Waals surface area contributed by atoms with Gasteiger partial charge >= 0.3 is 0 Å². The predicted octanol–water partition coefficient (Wildman–Crippen LogP) is 4.63. The van der Waals surface area contributed by atoms with Gasteiger partial charge in [-0.05, 0) is 36.8 Å². The van der Waals surface area contributed by atoms with Crippen LogP contribution in [0.1, 0.15) is 16.8 Å². The first kappa shape index (κ1) is 13.6. The number of nitrogens with zero attached hydrogens (tertiary/aromatic N) is 1. The second kappa shape index (κ2) is 6.34. The molecule has 0 saturated heterocycles. The monoisotopic (exact) mass is 369 g/mol. The average molecular weight is 371 g/mol. The summed E-state index contributed by atoms with van der Waals surface area (Å²) < 4.78 is 6.96. The summed E-state index contributed by atoms with van der Waals surface area (Å²) in [6, 6.07) is 9.95. The summed E-state index contributed by atoms with van der Waals surface area (Å²) in [5.74, 6) is 0.931. The van der Waals surface area contributed by atoms with Gasteiger partial charge in [0.2, 0.25) is 0 Å². The van der Waals surface area contributed by atoms with Gasteiger partial charge in [0.05, 0.1) is 5.69 Å². The number of ether oxygens (including phenoxy) is 1. The molecule has 0 radical (unpaired) electrons. The van der Waals surface area contributed by atoms with Gasteiger partial charge in [-0.1, -0.05) is 37.9 Å². The van der Waals surface area contributed by atoms with Gasteiger partial charge in [-0.25, -0.2) is 0 Å². The lowest BCUT2D eigenvalue weighted by molar-refractivity contribution is 0.297. The Morgan fingerprint density at radius 3 is 2.78 bits per heavy atom. The van der Waals surface area contributed by atoms with Gasteiger partial charge < -0.3 is 4.74 Å². The highest BCUT2D eigenvalue weighted by Gasteiger charge is 2.08. The maximum atomic E-state index is 5.89. The van der Waals surface area contributed by atoms with Crippen molar-refractivity contribution >= 4 is 31.9 Å². The van der Waals surface area contributed by atoms with E-state index in [1.807, 2.05) is 25.1 Å². The van der Waals surface area contributed by atoms with Crippen molar-refractivity contribution in [3.05, 3.63) is 57.8 Å². The minimum atomic E-state index is 0.489. The average Bonchev–Trinajstić information content (AvgIpc) is 2.38. The van der Waals surface area contributed by atoms with Gasteiger partial charge in [0.15, 0.2) is 0 Å². The fraction of sp³-hybridized carbons (Fsp3) is 0.214. The highest BCUT2D eigenvalue weighted by atomic mass is 79.9. The number of aryl methyl sites for hydroxylation is 1. The topological polar surface area (TPSA) is 22.1 Å². The van der Waals surface area contributed by atoms with Crippen molar-refractivity contribution in [1.82, 2.24) is 4.98 Å². The van der Waals surface area contributed by atoms with Crippen LogP contribution in [0.3, 0.4) is 0 Å². The Balaban J connectivity index is 2.19. The summed E-state index contributed by atoms with van der Waals surface area (Å²) in [5, 5.41) is 0.769. The molecule has 4 heteroatoms. The number of hydrogen-bond acceptors (Lipinski definition) is 2. The number of alkyl halides is 1. The van der Waals surface area contributed by atoms with E-state index < -0.39 is 0 Å². The van der Waals surface area contributed by atoms with Crippen LogP contribution in [-0.4, -0.2) is 4.98 Å². The highest BCUT2D eigenvalue weighted by Crippen LogP contribution is 2.30. The molecule has 0 bridgehead atoms. The molecule has 2 rings (SSSR count). The second-order valence-corrected chi connectivity index (χ2v) is 5.43. The summed E-state index contributed by atoms with van der Waals surface area (Å²) >= 11 is 6.98. The van der Waals surface area contributed by atoms with Crippen molar-refractivity contribution < 1.29 is 4.74 Å². The molecule has 0 amide bonds. The van der Waals surface area contributed by atoms with Crippen LogP contribution in [0.2, 0.25) is 0 Å². The van der Waals surface area contributed by atoms with Gasteiger partial charge in [0.1, 0.15) is 12.4 Å². The van der Waals surface area contributed by atoms with Crippen molar-refractivity contribution in [2.45, 2.75) is 18.9 Å². The van der Waals surface area contributed by atoms with E-state index in [1.54, 1.807) is 6.20 Å². The first-order valence-corrected chi connectivity index (χ1v) is 7.50. The number of halogens is 2. The maximum absolute atomic E-state index is 5.89. The summed E-state index contributed by atoms with van der Waals surface area (Å²) in [7, 11) is 0. The van der Waals surface area contributed by atoms with Gasteiger partial charge in [-0.15, -0.1) is 0 Å². The van der Waals surface area contributed by atoms with Crippen molar-refractivity contribution in [3.63, 3.8) is 0 Å². The summed E-state index contributed by atoms with van der Waals surface area (Å²) in [5.41, 5.74) is 3.19. The zero-order valence-electron chi connectivity index (χ0n) is 9.99. The standard InChI is InChI=1S/C14H13Br2NO/c1-10-6-12(16)7-11(8-15)14(10)18-9-13-4-2-3-5-17-13/h2-7H,8-9H2,1H3. The predicted molar refractivity (Wildman–Crippen MR) is 80.1 cm³/mol. The van der Waals surface area contributed by atoms with Crippen LogP contribution < -0.4 is 4.74 Å². The Kier molecular flexibility index (Phi) is 4.78. The first-order chi connectivity index (χ1) is 8.70. The number of rotatable bonds is 4. The van der Waals surface area contributed by atoms with E-state index in [0.717, 1.165) is 32.4 Å². The molecule has 1 heterocycles. The molecule has 0 aliphatic rings. The summed E-state index contributed by atoms with van der Waals surface area (Å²) in [6.45, 7) is 2.54. The van der Waals surface area contributed by atoms with E-state index in [0.29, 0.717) is 6.61 Å². The van der Waals surface area contributed by atoms with Crippen LogP contribution in [-0.2, 0) is 11.9 Å². The quantitative estimate of drug-likeness (QED) is 0.732. The Morgan fingerprint density at radius 2 is 2.11 bits per heavy atom. The fourth-order valence-electron chi connectivity index (χ4n) is 1.73. The third kappa shape index (κ3) is 3.33. The molecule has 0 fully saturated rings. The molecule has 1 aromatic carbocycles. The normalized spacial score (nSPS) is 10.4. The molecule has 2 nitrogen and oxygen atoms in total. The van der Waals surface area contributed by atoms with E-state index in [4.69, 9.17) is 4.74 Å². The van der Waals surface area contributed by atoms with Crippen LogP contribution in [0.5, 0.6) is 5.75 Å². The molecule has 0 aliphatic carbocycles. The molecule has 18 heavy (non-hydrogen) atoms. The minimum Gasteiger partial charge on any atom is -0.487 e. The molecule has 1 aromatic heterocycles. The van der Waals surface area contributed by atoms with Crippen LogP contribution in [0.4, 0.5) is 0 Å². The number of hydrogen-bond donors (Lipinski definition) is 0. The molecule has 0 saturated carbocycles. The molecule has 0 aliphatic heterocycles. The molecule has 0 N–H and O–H groups in total. The highest BCUT2D eigenvalue weighted by molar-refractivity contribution is 9.10. The summed E-state index contributed by atoms with van der Waals surface area (Å²) in [4.78, 5) is 4.25. The van der Waals surface area contributed by atoms with Crippen molar-refractivity contribution in [3.8, 4) is 5.75 Å². The Labute approximate surface area is 124 Å². The van der Waals surface area contributed by atoms with E-state index in [1.165, 1.54) is 0 Å². The van der Waals surface area contributed by atoms with Crippen LogP contribution in [0.15, 0.2) is 41.0 Å². The fourth-order valence-corrected chi connectivity index (χ4v) is 2.77. The first-order valence-electron chi connectivity index (χ1n) is 5.58. The number of aromatic nitrogens is 1. The largest absolute Gasteiger partial charge is 0.487 e. The Hall–Kier alpha value is -0.870. The lowest BCUT2D eigenvalue weighted by Crippen LogP contribution is -2.01. The minimum absolute atomic E-state index is 0.489. The van der Waals surface area contributed by atoms with E-state index in [9.17, 15) is 0 Å². The maximum Gasteiger partial charge on any atom is 0.130 e. The lowest BCUT2D eigenvalue weighted by Gasteiger charge is -2.13. The van der Waals surface area contributed by atoms with Gasteiger partial charge in [0, 0.05) is 21.6 Å². The van der Waals surface area contributed by atoms with Crippen molar-refractivity contribution in [2.24, 2.45) is 0 Å². The Bertz CT molecular complexity index is 529. The molecule has 0 spiro atoms. The molecule has 2 aromatic rings. The zero-order valence-corrected chi connectivity index (χ0v) is 13.2. The van der Waals surface area contributed by atoms with E-state index in [-0.39, 0.29) is 0 Å². The molecule has 0 atom stereocenters. The SMILES string of the molecule is Cc1cc(Br)cc(CBr)c1OCc1ccccn1. The molecular formula is C14H13Br2NO. The van der Waals surface area contributed by atoms with E-state index in [2.05, 4.69) is 49.0 Å². The van der Waals surface area contributed by atoms with Gasteiger partial charge in [-0.3, -0.25) is 4.98 Å². The molecular weight excluding hydrogens is 358 g/mol. The third-order valence-electron chi connectivity index (χ3n) is 2.55. The van der Waals surface area contributed by atoms with Crippen LogP contribution in [0.25, 0.3) is 0 Å². The smallest absolute Gasteiger partial charge is 0.130 e. The van der Waals surface area contributed by atoms with E-state index >= 15 is 0 Å². The molecule has 94 valence electrons. The third-order valence-corrected chi connectivity index (χ3v) is 3.61. The van der Waals surface area contributed by atoms with Gasteiger partial charge in [-0.2, -0.15) is 0 Å². The number of benzene rings is 1. The summed E-state index contributed by atoms with van der Waals surface area (Å²) in [6.07, 6.45) is 1.78. The van der Waals surface area contributed by atoms with Crippen molar-refractivity contribution in [2.75, 3.05) is 0 Å². The lowest BCUT2D eigenvalue weighted by atomic mass is 10.1. The zero-order chi connectivity index (χ0) is 13.0. The van der Waals surface area contributed by atoms with Crippen LogP contribution in [0, 0.1) is 6.92 Å². The molecule has 0 unspecified atom stereocenters. The van der Waals surface area contributed by atoms with Crippen molar-refractivity contribution in [1.29, 1.82) is 0 Å². The number of pyridine rings is 1. The second-order valence-electron chi connectivity index (χ2n) is 3.95.